The number of piperidine rings is 1. The molecule has 1 heterocycles. The molecule has 1 aliphatic heterocycles. The summed E-state index contributed by atoms with van der Waals surface area (Å²) in [5.41, 5.74) is 0. The van der Waals surface area contributed by atoms with Crippen LogP contribution in [0.5, 0.6) is 0 Å². The maximum absolute atomic E-state index is 11.4. The van der Waals surface area contributed by atoms with Crippen molar-refractivity contribution in [3.63, 3.8) is 0 Å². The molecule has 2 atom stereocenters. The molecular weight excluding hydrogens is 288 g/mol. The topological polar surface area (TPSA) is 56.7 Å². The van der Waals surface area contributed by atoms with E-state index in [0.29, 0.717) is 12.1 Å². The fourth-order valence-electron chi connectivity index (χ4n) is 4.34. The second-order valence-corrected chi connectivity index (χ2v) is 7.55. The second kappa shape index (κ2) is 7.54. The average molecular weight is 320 g/mol. The molecule has 5 heteroatoms. The molecule has 3 aliphatic rings. The van der Waals surface area contributed by atoms with E-state index in [2.05, 4.69) is 15.6 Å². The van der Waals surface area contributed by atoms with Crippen LogP contribution in [0.15, 0.2) is 4.99 Å². The minimum Gasteiger partial charge on any atom is -0.354 e. The van der Waals surface area contributed by atoms with Gasteiger partial charge in [0.25, 0.3) is 0 Å². The Hall–Kier alpha value is -1.26. The first-order valence-electron chi connectivity index (χ1n) is 9.42. The van der Waals surface area contributed by atoms with Gasteiger partial charge in [-0.25, -0.2) is 0 Å². The van der Waals surface area contributed by atoms with Gasteiger partial charge < -0.3 is 15.5 Å². The lowest BCUT2D eigenvalue weighted by atomic mass is 9.85. The SMILES string of the molecule is CN=C(NC1CCN(C(C)=O)CC1)NC1CC1C1CCCCC1. The second-order valence-electron chi connectivity index (χ2n) is 7.55. The van der Waals surface area contributed by atoms with Crippen molar-refractivity contribution in [1.82, 2.24) is 15.5 Å². The Morgan fingerprint density at radius 2 is 1.74 bits per heavy atom. The van der Waals surface area contributed by atoms with Gasteiger partial charge in [-0.1, -0.05) is 32.1 Å². The third-order valence-corrected chi connectivity index (χ3v) is 5.92. The minimum atomic E-state index is 0.194. The van der Waals surface area contributed by atoms with Crippen LogP contribution in [0.1, 0.15) is 58.3 Å². The highest BCUT2D eigenvalue weighted by molar-refractivity contribution is 5.80. The maximum atomic E-state index is 11.4. The van der Waals surface area contributed by atoms with Gasteiger partial charge in [0.1, 0.15) is 0 Å². The zero-order valence-corrected chi connectivity index (χ0v) is 14.7. The number of likely N-dealkylation sites (tertiary alicyclic amines) is 1. The number of carbonyl (C=O) groups excluding carboxylic acids is 1. The summed E-state index contributed by atoms with van der Waals surface area (Å²) in [6.07, 6.45) is 10.5. The highest BCUT2D eigenvalue weighted by Gasteiger charge is 2.43. The van der Waals surface area contributed by atoms with Crippen LogP contribution in [0, 0.1) is 11.8 Å². The van der Waals surface area contributed by atoms with Crippen molar-refractivity contribution in [2.24, 2.45) is 16.8 Å². The largest absolute Gasteiger partial charge is 0.354 e. The first-order chi connectivity index (χ1) is 11.2. The summed E-state index contributed by atoms with van der Waals surface area (Å²) >= 11 is 0. The van der Waals surface area contributed by atoms with Gasteiger partial charge in [0.15, 0.2) is 5.96 Å². The lowest BCUT2D eigenvalue weighted by molar-refractivity contribution is -0.129. The number of rotatable bonds is 3. The molecule has 5 nitrogen and oxygen atoms in total. The number of carbonyl (C=O) groups is 1. The summed E-state index contributed by atoms with van der Waals surface area (Å²) < 4.78 is 0. The van der Waals surface area contributed by atoms with E-state index in [4.69, 9.17) is 0 Å². The third kappa shape index (κ3) is 4.39. The van der Waals surface area contributed by atoms with Gasteiger partial charge >= 0.3 is 0 Å². The molecule has 0 bridgehead atoms. The van der Waals surface area contributed by atoms with Crippen molar-refractivity contribution < 1.29 is 4.79 Å². The molecule has 2 N–H and O–H groups in total. The Morgan fingerprint density at radius 3 is 2.35 bits per heavy atom. The lowest BCUT2D eigenvalue weighted by Crippen LogP contribution is -2.50. The smallest absolute Gasteiger partial charge is 0.219 e. The summed E-state index contributed by atoms with van der Waals surface area (Å²) in [6.45, 7) is 3.38. The van der Waals surface area contributed by atoms with Crippen molar-refractivity contribution in [3.8, 4) is 0 Å². The van der Waals surface area contributed by atoms with Gasteiger partial charge in [0.05, 0.1) is 0 Å². The molecular formula is C18H32N4O. The van der Waals surface area contributed by atoms with E-state index in [-0.39, 0.29) is 5.91 Å². The molecule has 2 saturated carbocycles. The first-order valence-corrected chi connectivity index (χ1v) is 9.42. The Kier molecular flexibility index (Phi) is 5.44. The molecule has 0 aromatic rings. The molecule has 0 aromatic carbocycles. The summed E-state index contributed by atoms with van der Waals surface area (Å²) in [4.78, 5) is 17.7. The van der Waals surface area contributed by atoms with E-state index < -0.39 is 0 Å². The van der Waals surface area contributed by atoms with Gasteiger partial charge in [-0.15, -0.1) is 0 Å². The molecule has 0 aromatic heterocycles. The fraction of sp³-hybridized carbons (Fsp3) is 0.889. The van der Waals surface area contributed by atoms with Crippen molar-refractivity contribution in [2.75, 3.05) is 20.1 Å². The highest BCUT2D eigenvalue weighted by atomic mass is 16.2. The van der Waals surface area contributed by atoms with E-state index in [0.717, 1.165) is 43.7 Å². The van der Waals surface area contributed by atoms with Gasteiger partial charge in [-0.2, -0.15) is 0 Å². The van der Waals surface area contributed by atoms with Gasteiger partial charge in [-0.3, -0.25) is 9.79 Å². The number of hydrogen-bond acceptors (Lipinski definition) is 2. The van der Waals surface area contributed by atoms with E-state index in [1.807, 2.05) is 11.9 Å². The minimum absolute atomic E-state index is 0.194. The summed E-state index contributed by atoms with van der Waals surface area (Å²) in [6, 6.07) is 1.06. The molecule has 3 rings (SSSR count). The van der Waals surface area contributed by atoms with Crippen molar-refractivity contribution in [2.45, 2.75) is 70.4 Å². The Balaban J connectivity index is 1.40. The van der Waals surface area contributed by atoms with Crippen LogP contribution >= 0.6 is 0 Å². The van der Waals surface area contributed by atoms with Crippen molar-refractivity contribution >= 4 is 11.9 Å². The molecule has 23 heavy (non-hydrogen) atoms. The quantitative estimate of drug-likeness (QED) is 0.619. The predicted octanol–water partition coefficient (Wildman–Crippen LogP) is 2.13. The van der Waals surface area contributed by atoms with Crippen LogP contribution in [-0.2, 0) is 4.79 Å². The number of guanidine groups is 1. The zero-order valence-electron chi connectivity index (χ0n) is 14.7. The van der Waals surface area contributed by atoms with Crippen LogP contribution < -0.4 is 10.6 Å². The van der Waals surface area contributed by atoms with Gasteiger partial charge in [0.2, 0.25) is 5.91 Å². The summed E-state index contributed by atoms with van der Waals surface area (Å²) in [7, 11) is 1.86. The Morgan fingerprint density at radius 1 is 1.04 bits per heavy atom. The highest BCUT2D eigenvalue weighted by Crippen LogP contribution is 2.44. The number of aliphatic imine (C=N–C) groups is 1. The third-order valence-electron chi connectivity index (χ3n) is 5.92. The van der Waals surface area contributed by atoms with E-state index >= 15 is 0 Å². The normalized spacial score (nSPS) is 30.2. The molecule has 0 radical (unpaired) electrons. The summed E-state index contributed by atoms with van der Waals surface area (Å²) in [5.74, 6) is 2.96. The van der Waals surface area contributed by atoms with Crippen LogP contribution in [0.4, 0.5) is 0 Å². The predicted molar refractivity (Wildman–Crippen MR) is 93.4 cm³/mol. The molecule has 2 aliphatic carbocycles. The number of hydrogen-bond donors (Lipinski definition) is 2. The molecule has 3 fully saturated rings. The van der Waals surface area contributed by atoms with Crippen LogP contribution in [-0.4, -0.2) is 49.0 Å². The molecule has 1 amide bonds. The number of amides is 1. The van der Waals surface area contributed by atoms with E-state index in [1.54, 1.807) is 6.92 Å². The summed E-state index contributed by atoms with van der Waals surface area (Å²) in [5, 5.41) is 7.19. The Labute approximate surface area is 140 Å². The fourth-order valence-corrected chi connectivity index (χ4v) is 4.34. The zero-order chi connectivity index (χ0) is 16.2. The molecule has 0 spiro atoms. The molecule has 130 valence electrons. The maximum Gasteiger partial charge on any atom is 0.219 e. The first kappa shape index (κ1) is 16.6. The molecule has 2 unspecified atom stereocenters. The number of nitrogens with zero attached hydrogens (tertiary/aromatic N) is 2. The van der Waals surface area contributed by atoms with Crippen molar-refractivity contribution in [3.05, 3.63) is 0 Å². The van der Waals surface area contributed by atoms with Gasteiger partial charge in [-0.05, 0) is 31.1 Å². The molecule has 1 saturated heterocycles. The van der Waals surface area contributed by atoms with Crippen LogP contribution in [0.3, 0.4) is 0 Å². The standard InChI is InChI=1S/C18H32N4O/c1-13(23)22-10-8-15(9-11-22)20-18(19-2)21-17-12-16(17)14-6-4-3-5-7-14/h14-17H,3-12H2,1-2H3,(H2,19,20,21). The van der Waals surface area contributed by atoms with Crippen LogP contribution in [0.2, 0.25) is 0 Å². The van der Waals surface area contributed by atoms with Gasteiger partial charge in [0, 0.05) is 39.1 Å². The van der Waals surface area contributed by atoms with E-state index in [1.165, 1.54) is 38.5 Å². The lowest BCUT2D eigenvalue weighted by Gasteiger charge is -2.32. The monoisotopic (exact) mass is 320 g/mol. The number of nitrogens with one attached hydrogen (secondary N) is 2. The average Bonchev–Trinajstić information content (AvgIpc) is 3.35. The van der Waals surface area contributed by atoms with E-state index in [9.17, 15) is 4.79 Å². The van der Waals surface area contributed by atoms with Crippen LogP contribution in [0.25, 0.3) is 0 Å². The van der Waals surface area contributed by atoms with Crippen molar-refractivity contribution in [1.29, 1.82) is 0 Å². The Bertz CT molecular complexity index is 436.